The first-order chi connectivity index (χ1) is 14.5. The van der Waals surface area contributed by atoms with Gasteiger partial charge in [0.05, 0.1) is 27.3 Å². The molecule has 30 heavy (non-hydrogen) atoms. The molecule has 1 atom stereocenters. The lowest BCUT2D eigenvalue weighted by Crippen LogP contribution is -2.31. The Labute approximate surface area is 176 Å². The van der Waals surface area contributed by atoms with Gasteiger partial charge in [-0.2, -0.15) is 5.26 Å². The molecule has 9 heteroatoms. The van der Waals surface area contributed by atoms with E-state index < -0.39 is 16.8 Å². The van der Waals surface area contributed by atoms with E-state index in [0.29, 0.717) is 5.56 Å². The van der Waals surface area contributed by atoms with Crippen molar-refractivity contribution in [3.8, 4) is 6.07 Å². The maximum absolute atomic E-state index is 12.2. The van der Waals surface area contributed by atoms with Crippen LogP contribution in [0.1, 0.15) is 23.5 Å². The lowest BCUT2D eigenvalue weighted by atomic mass is 9.87. The number of thioether (sulfide) groups is 1. The van der Waals surface area contributed by atoms with Crippen molar-refractivity contribution in [3.63, 3.8) is 0 Å². The van der Waals surface area contributed by atoms with Crippen molar-refractivity contribution < 1.29 is 19.2 Å². The quantitative estimate of drug-likeness (QED) is 0.411. The summed E-state index contributed by atoms with van der Waals surface area (Å²) in [7, 11) is 0. The molecule has 1 amide bonds. The fraction of sp³-hybridized carbons (Fsp3) is 0.190. The van der Waals surface area contributed by atoms with Crippen LogP contribution in [0.3, 0.4) is 0 Å². The average molecular weight is 423 g/mol. The molecule has 0 saturated carbocycles. The molecular weight excluding hydrogens is 406 g/mol. The van der Waals surface area contributed by atoms with Gasteiger partial charge in [0.15, 0.2) is 0 Å². The highest BCUT2D eigenvalue weighted by Crippen LogP contribution is 2.36. The molecule has 1 aliphatic rings. The molecule has 0 spiro atoms. The number of ether oxygens (including phenoxy) is 1. The number of carbonyl (C=O) groups is 2. The zero-order valence-corrected chi connectivity index (χ0v) is 16.6. The van der Waals surface area contributed by atoms with Gasteiger partial charge in [-0.15, -0.1) is 0 Å². The molecule has 1 N–H and O–H groups in total. The summed E-state index contributed by atoms with van der Waals surface area (Å²) in [5.74, 6) is -1.52. The second-order valence-corrected chi connectivity index (χ2v) is 7.43. The number of nitriles is 1. The van der Waals surface area contributed by atoms with Gasteiger partial charge in [-0.25, -0.2) is 0 Å². The fourth-order valence-corrected chi connectivity index (χ4v) is 3.86. The number of benzene rings is 2. The van der Waals surface area contributed by atoms with Crippen LogP contribution in [-0.4, -0.2) is 22.6 Å². The lowest BCUT2D eigenvalue weighted by molar-refractivity contribution is -0.384. The highest BCUT2D eigenvalue weighted by Gasteiger charge is 2.30. The van der Waals surface area contributed by atoms with E-state index >= 15 is 0 Å². The SMILES string of the molecule is N#CC1=C(SCC(=O)OCc2ccccc2)NC(=O)C[C@H]1c1cccc([N+](=O)[O-])c1. The molecule has 2 aromatic rings. The number of nitro benzene ring substituents is 1. The van der Waals surface area contributed by atoms with E-state index in [2.05, 4.69) is 11.4 Å². The summed E-state index contributed by atoms with van der Waals surface area (Å²) in [6.45, 7) is 0.132. The van der Waals surface area contributed by atoms with Gasteiger partial charge in [0.1, 0.15) is 6.61 Å². The fourth-order valence-electron chi connectivity index (χ4n) is 2.98. The van der Waals surface area contributed by atoms with Crippen LogP contribution >= 0.6 is 11.8 Å². The summed E-state index contributed by atoms with van der Waals surface area (Å²) in [5, 5.41) is 23.6. The Morgan fingerprint density at radius 3 is 2.73 bits per heavy atom. The standard InChI is InChI=1S/C21H17N3O5S/c22-11-18-17(15-7-4-8-16(9-15)24(27)28)10-19(25)23-21(18)30-13-20(26)29-12-14-5-2-1-3-6-14/h1-9,17H,10,12-13H2,(H,23,25)/t17-/m0/s1. The van der Waals surface area contributed by atoms with Crippen LogP contribution in [0.2, 0.25) is 0 Å². The molecule has 152 valence electrons. The highest BCUT2D eigenvalue weighted by molar-refractivity contribution is 8.03. The van der Waals surface area contributed by atoms with Crippen LogP contribution in [0.15, 0.2) is 65.2 Å². The van der Waals surface area contributed by atoms with Gasteiger partial charge < -0.3 is 10.1 Å². The number of allylic oxidation sites excluding steroid dienone is 1. The Kier molecular flexibility index (Phi) is 6.83. The van der Waals surface area contributed by atoms with Gasteiger partial charge in [0, 0.05) is 24.5 Å². The summed E-state index contributed by atoms with van der Waals surface area (Å²) in [4.78, 5) is 34.8. The van der Waals surface area contributed by atoms with Crippen LogP contribution in [0.25, 0.3) is 0 Å². The maximum atomic E-state index is 12.2. The Morgan fingerprint density at radius 2 is 2.03 bits per heavy atom. The number of nitrogens with zero attached hydrogens (tertiary/aromatic N) is 2. The Hall–Kier alpha value is -3.64. The Bertz CT molecular complexity index is 1050. The van der Waals surface area contributed by atoms with Gasteiger partial charge in [0.2, 0.25) is 5.91 Å². The first-order valence-electron chi connectivity index (χ1n) is 8.98. The van der Waals surface area contributed by atoms with Crippen molar-refractivity contribution in [3.05, 3.63) is 86.4 Å². The smallest absolute Gasteiger partial charge is 0.316 e. The molecule has 0 saturated heterocycles. The van der Waals surface area contributed by atoms with Crippen molar-refractivity contribution >= 4 is 29.3 Å². The number of nitro groups is 1. The summed E-state index contributed by atoms with van der Waals surface area (Å²) in [6.07, 6.45) is -0.00737. The summed E-state index contributed by atoms with van der Waals surface area (Å²) in [6, 6.07) is 17.2. The lowest BCUT2D eigenvalue weighted by Gasteiger charge is -2.24. The molecule has 0 fully saturated rings. The van der Waals surface area contributed by atoms with Gasteiger partial charge in [-0.1, -0.05) is 54.2 Å². The van der Waals surface area contributed by atoms with Gasteiger partial charge >= 0.3 is 5.97 Å². The number of amides is 1. The van der Waals surface area contributed by atoms with Gasteiger partial charge in [-0.05, 0) is 11.1 Å². The normalized spacial score (nSPS) is 15.8. The molecule has 0 aromatic heterocycles. The minimum atomic E-state index is -0.619. The largest absolute Gasteiger partial charge is 0.460 e. The van der Waals surface area contributed by atoms with Crippen molar-refractivity contribution in [1.82, 2.24) is 5.32 Å². The number of nitrogens with one attached hydrogen (secondary N) is 1. The predicted molar refractivity (Wildman–Crippen MR) is 110 cm³/mol. The molecule has 0 unspecified atom stereocenters. The van der Waals surface area contributed by atoms with E-state index in [-0.39, 0.29) is 41.0 Å². The summed E-state index contributed by atoms with van der Waals surface area (Å²) < 4.78 is 5.22. The molecule has 1 aliphatic heterocycles. The third-order valence-corrected chi connectivity index (χ3v) is 5.41. The van der Waals surface area contributed by atoms with Crippen molar-refractivity contribution in [2.75, 3.05) is 5.75 Å². The molecular formula is C21H17N3O5S. The van der Waals surface area contributed by atoms with Gasteiger partial charge in [0.25, 0.3) is 5.69 Å². The Balaban J connectivity index is 1.72. The number of non-ortho nitro benzene ring substituents is 1. The second kappa shape index (κ2) is 9.71. The second-order valence-electron chi connectivity index (χ2n) is 6.45. The minimum absolute atomic E-state index is 0.00737. The van der Waals surface area contributed by atoms with Crippen molar-refractivity contribution in [2.24, 2.45) is 0 Å². The van der Waals surface area contributed by atoms with Crippen molar-refractivity contribution in [1.29, 1.82) is 5.26 Å². The predicted octanol–water partition coefficient (Wildman–Crippen LogP) is 3.41. The number of carbonyl (C=O) groups excluding carboxylic acids is 2. The van der Waals surface area contributed by atoms with E-state index in [9.17, 15) is 25.0 Å². The third-order valence-electron chi connectivity index (χ3n) is 4.42. The number of esters is 1. The zero-order chi connectivity index (χ0) is 21.5. The monoisotopic (exact) mass is 423 g/mol. The summed E-state index contributed by atoms with van der Waals surface area (Å²) in [5.41, 5.74) is 1.50. The van der Waals surface area contributed by atoms with E-state index in [1.54, 1.807) is 6.07 Å². The summed E-state index contributed by atoms with van der Waals surface area (Å²) >= 11 is 1.00. The van der Waals surface area contributed by atoms with E-state index in [1.165, 1.54) is 18.2 Å². The molecule has 0 aliphatic carbocycles. The van der Waals surface area contributed by atoms with Gasteiger partial charge in [-0.3, -0.25) is 19.7 Å². The highest BCUT2D eigenvalue weighted by atomic mass is 32.2. The average Bonchev–Trinajstić information content (AvgIpc) is 2.76. The molecule has 0 bridgehead atoms. The molecule has 3 rings (SSSR count). The molecule has 2 aromatic carbocycles. The number of hydrogen-bond donors (Lipinski definition) is 1. The third kappa shape index (κ3) is 5.24. The maximum Gasteiger partial charge on any atom is 0.316 e. The van der Waals surface area contributed by atoms with E-state index in [4.69, 9.17) is 4.74 Å². The molecule has 8 nitrogen and oxygen atoms in total. The number of rotatable bonds is 7. The minimum Gasteiger partial charge on any atom is -0.460 e. The topological polar surface area (TPSA) is 122 Å². The Morgan fingerprint density at radius 1 is 1.27 bits per heavy atom. The van der Waals surface area contributed by atoms with Crippen LogP contribution in [0.4, 0.5) is 5.69 Å². The first-order valence-corrected chi connectivity index (χ1v) is 9.97. The van der Waals surface area contributed by atoms with E-state index in [0.717, 1.165) is 17.3 Å². The first kappa shape index (κ1) is 21.1. The van der Waals surface area contributed by atoms with Crippen LogP contribution in [0, 0.1) is 21.4 Å². The zero-order valence-electron chi connectivity index (χ0n) is 15.7. The van der Waals surface area contributed by atoms with Crippen LogP contribution in [0.5, 0.6) is 0 Å². The number of hydrogen-bond acceptors (Lipinski definition) is 7. The van der Waals surface area contributed by atoms with E-state index in [1.807, 2.05) is 30.3 Å². The molecule has 1 heterocycles. The molecule has 0 radical (unpaired) electrons. The van der Waals surface area contributed by atoms with Crippen LogP contribution < -0.4 is 5.32 Å². The van der Waals surface area contributed by atoms with Crippen LogP contribution in [-0.2, 0) is 20.9 Å². The van der Waals surface area contributed by atoms with Crippen molar-refractivity contribution in [2.45, 2.75) is 18.9 Å².